The summed E-state index contributed by atoms with van der Waals surface area (Å²) < 4.78 is 1.49. The van der Waals surface area contributed by atoms with Gasteiger partial charge in [-0.2, -0.15) is 10.2 Å². The second kappa shape index (κ2) is 7.62. The van der Waals surface area contributed by atoms with Crippen LogP contribution in [0.3, 0.4) is 0 Å². The quantitative estimate of drug-likeness (QED) is 0.559. The van der Waals surface area contributed by atoms with Crippen molar-refractivity contribution in [3.8, 4) is 6.07 Å². The molecular weight excluding hydrogens is 356 g/mol. The highest BCUT2D eigenvalue weighted by atomic mass is 16.1. The Morgan fingerprint density at radius 2 is 2.36 bits per heavy atom. The van der Waals surface area contributed by atoms with E-state index in [9.17, 15) is 10.1 Å². The summed E-state index contributed by atoms with van der Waals surface area (Å²) >= 11 is 0. The third-order valence-corrected chi connectivity index (χ3v) is 4.98. The molecule has 142 valence electrons. The van der Waals surface area contributed by atoms with Crippen molar-refractivity contribution in [2.45, 2.75) is 13.0 Å². The van der Waals surface area contributed by atoms with Crippen molar-refractivity contribution < 1.29 is 0 Å². The molecule has 0 aliphatic carbocycles. The summed E-state index contributed by atoms with van der Waals surface area (Å²) in [5.74, 6) is 1.01. The van der Waals surface area contributed by atoms with Crippen molar-refractivity contribution >= 4 is 29.5 Å². The molecule has 1 saturated heterocycles. The van der Waals surface area contributed by atoms with E-state index < -0.39 is 0 Å². The second-order valence-electron chi connectivity index (χ2n) is 6.76. The summed E-state index contributed by atoms with van der Waals surface area (Å²) in [6, 6.07) is 7.35. The molecule has 2 aromatic heterocycles. The van der Waals surface area contributed by atoms with Gasteiger partial charge in [-0.15, -0.1) is 0 Å². The Morgan fingerprint density at radius 1 is 1.46 bits per heavy atom. The molecule has 3 N–H and O–H groups in total. The van der Waals surface area contributed by atoms with Crippen molar-refractivity contribution in [3.63, 3.8) is 0 Å². The van der Waals surface area contributed by atoms with Crippen LogP contribution in [0.5, 0.6) is 0 Å². The molecule has 1 aromatic carbocycles. The fraction of sp³-hybridized carbons (Fsp3) is 0.316. The number of rotatable bonds is 6. The monoisotopic (exact) mass is 376 g/mol. The van der Waals surface area contributed by atoms with Crippen molar-refractivity contribution in [3.05, 3.63) is 46.0 Å². The molecule has 9 nitrogen and oxygen atoms in total. The lowest BCUT2D eigenvalue weighted by Gasteiger charge is -2.11. The van der Waals surface area contributed by atoms with Gasteiger partial charge in [-0.3, -0.25) is 9.56 Å². The number of nitrogens with zero attached hydrogens (tertiary/aromatic N) is 5. The maximum atomic E-state index is 12.5. The average Bonchev–Trinajstić information content (AvgIpc) is 3.34. The minimum absolute atomic E-state index is 0.167. The first-order valence-corrected chi connectivity index (χ1v) is 9.08. The summed E-state index contributed by atoms with van der Waals surface area (Å²) in [5.41, 5.74) is 2.36. The van der Waals surface area contributed by atoms with E-state index in [1.165, 1.54) is 4.57 Å². The maximum absolute atomic E-state index is 12.5. The Labute approximate surface area is 161 Å². The molecule has 3 heterocycles. The highest BCUT2D eigenvalue weighted by Crippen LogP contribution is 2.24. The lowest BCUT2D eigenvalue weighted by molar-refractivity contribution is 0.613. The predicted molar refractivity (Wildman–Crippen MR) is 107 cm³/mol. The Hall–Kier alpha value is -3.51. The third kappa shape index (κ3) is 3.37. The van der Waals surface area contributed by atoms with E-state index in [1.54, 1.807) is 24.4 Å². The number of benzene rings is 1. The van der Waals surface area contributed by atoms with Crippen LogP contribution in [0, 0.1) is 17.2 Å². The van der Waals surface area contributed by atoms with Crippen LogP contribution in [0.25, 0.3) is 11.2 Å². The minimum Gasteiger partial charge on any atom is -0.354 e. The number of nitriles is 1. The number of fused-ring (bicyclic) bond motifs is 1. The molecule has 1 aliphatic heterocycles. The molecule has 4 rings (SSSR count). The van der Waals surface area contributed by atoms with Gasteiger partial charge in [-0.1, -0.05) is 6.07 Å². The minimum atomic E-state index is -0.316. The van der Waals surface area contributed by atoms with Crippen LogP contribution >= 0.6 is 0 Å². The molecule has 0 saturated carbocycles. The van der Waals surface area contributed by atoms with Gasteiger partial charge in [0.1, 0.15) is 5.52 Å². The van der Waals surface area contributed by atoms with E-state index >= 15 is 0 Å². The van der Waals surface area contributed by atoms with Gasteiger partial charge in [0.2, 0.25) is 5.95 Å². The summed E-state index contributed by atoms with van der Waals surface area (Å²) in [6.07, 6.45) is 2.71. The molecular formula is C19H20N8O. The molecule has 9 heteroatoms. The third-order valence-electron chi connectivity index (χ3n) is 4.98. The van der Waals surface area contributed by atoms with Crippen LogP contribution in [-0.4, -0.2) is 45.9 Å². The molecule has 1 atom stereocenters. The van der Waals surface area contributed by atoms with Gasteiger partial charge in [0.25, 0.3) is 0 Å². The van der Waals surface area contributed by atoms with Gasteiger partial charge in [0.05, 0.1) is 30.1 Å². The first kappa shape index (κ1) is 17.9. The molecule has 0 unspecified atom stereocenters. The number of H-pyrrole nitrogens is 1. The first-order chi connectivity index (χ1) is 13.7. The van der Waals surface area contributed by atoms with E-state index in [4.69, 9.17) is 0 Å². The highest BCUT2D eigenvalue weighted by molar-refractivity contribution is 5.71. The molecule has 0 amide bonds. The Morgan fingerprint density at radius 3 is 3.11 bits per heavy atom. The standard InChI is InChI=1S/C19H20N8O/c1-21-15-4-2-3-13(7-20)14(15)11-27-17-16(25-19(27)28)10-24-18(26-17)23-9-12-5-6-22-8-12/h2-4,10,12,22H,1,5-6,8-9,11H2,(H,25,28)(H,23,24,26)/t12-/m1/s1. The number of imidazole rings is 1. The van der Waals surface area contributed by atoms with Crippen LogP contribution in [0.1, 0.15) is 17.5 Å². The molecule has 3 aromatic rings. The van der Waals surface area contributed by atoms with Gasteiger partial charge >= 0.3 is 5.69 Å². The fourth-order valence-corrected chi connectivity index (χ4v) is 3.45. The Kier molecular flexibility index (Phi) is 4.87. The van der Waals surface area contributed by atoms with Crippen LogP contribution in [0.2, 0.25) is 0 Å². The number of nitrogens with one attached hydrogen (secondary N) is 3. The van der Waals surface area contributed by atoms with Crippen molar-refractivity contribution in [2.24, 2.45) is 10.9 Å². The number of anilines is 1. The summed E-state index contributed by atoms with van der Waals surface area (Å²) in [5, 5.41) is 16.0. The zero-order valence-corrected chi connectivity index (χ0v) is 15.3. The normalized spacial score (nSPS) is 16.2. The van der Waals surface area contributed by atoms with Crippen molar-refractivity contribution in [1.82, 2.24) is 24.8 Å². The summed E-state index contributed by atoms with van der Waals surface area (Å²) in [6.45, 7) is 6.51. The smallest absolute Gasteiger partial charge is 0.328 e. The van der Waals surface area contributed by atoms with Gasteiger partial charge in [0, 0.05) is 12.1 Å². The van der Waals surface area contributed by atoms with Crippen LogP contribution < -0.4 is 16.3 Å². The van der Waals surface area contributed by atoms with E-state index in [0.717, 1.165) is 26.1 Å². The van der Waals surface area contributed by atoms with Crippen LogP contribution in [0.4, 0.5) is 11.6 Å². The number of aromatic amines is 1. The average molecular weight is 376 g/mol. The van der Waals surface area contributed by atoms with Crippen LogP contribution in [-0.2, 0) is 6.54 Å². The van der Waals surface area contributed by atoms with E-state index in [1.807, 2.05) is 0 Å². The topological polar surface area (TPSA) is 124 Å². The molecule has 1 fully saturated rings. The fourth-order valence-electron chi connectivity index (χ4n) is 3.45. The first-order valence-electron chi connectivity index (χ1n) is 9.08. The van der Waals surface area contributed by atoms with E-state index in [2.05, 4.69) is 43.4 Å². The lowest BCUT2D eigenvalue weighted by atomic mass is 10.1. The zero-order valence-electron chi connectivity index (χ0n) is 15.3. The summed E-state index contributed by atoms with van der Waals surface area (Å²) in [7, 11) is 0. The van der Waals surface area contributed by atoms with Gasteiger partial charge in [-0.05, 0) is 44.3 Å². The molecule has 0 bridgehead atoms. The van der Waals surface area contributed by atoms with Gasteiger partial charge in [-0.25, -0.2) is 9.78 Å². The Bertz CT molecular complexity index is 1120. The highest BCUT2D eigenvalue weighted by Gasteiger charge is 2.17. The maximum Gasteiger partial charge on any atom is 0.328 e. The van der Waals surface area contributed by atoms with E-state index in [-0.39, 0.29) is 12.2 Å². The molecule has 0 spiro atoms. The van der Waals surface area contributed by atoms with Gasteiger partial charge < -0.3 is 15.6 Å². The lowest BCUT2D eigenvalue weighted by Crippen LogP contribution is -2.19. The number of aromatic nitrogens is 4. The number of aliphatic imine (C=N–C) groups is 1. The SMILES string of the molecule is C=Nc1cccc(C#N)c1Cn1c(=O)[nH]c2cnc(NC[C@@H]3CCNC3)nc21. The molecule has 1 aliphatic rings. The van der Waals surface area contributed by atoms with Gasteiger partial charge in [0.15, 0.2) is 5.65 Å². The molecule has 0 radical (unpaired) electrons. The van der Waals surface area contributed by atoms with Crippen molar-refractivity contribution in [2.75, 3.05) is 25.0 Å². The summed E-state index contributed by atoms with van der Waals surface area (Å²) in [4.78, 5) is 28.1. The van der Waals surface area contributed by atoms with E-state index in [0.29, 0.717) is 39.8 Å². The second-order valence-corrected chi connectivity index (χ2v) is 6.76. The predicted octanol–water partition coefficient (Wildman–Crippen LogP) is 1.39. The number of hydrogen-bond donors (Lipinski definition) is 3. The largest absolute Gasteiger partial charge is 0.354 e. The molecule has 28 heavy (non-hydrogen) atoms. The Balaban J connectivity index is 1.68. The van der Waals surface area contributed by atoms with Crippen LogP contribution in [0.15, 0.2) is 34.2 Å². The van der Waals surface area contributed by atoms with Crippen molar-refractivity contribution in [1.29, 1.82) is 5.26 Å². The number of hydrogen-bond acceptors (Lipinski definition) is 7. The zero-order chi connectivity index (χ0) is 19.5.